The molecular weight excluding hydrogens is 264 g/mol. The molecule has 3 atom stereocenters. The number of hydrogen-bond donors (Lipinski definition) is 1. The lowest BCUT2D eigenvalue weighted by Gasteiger charge is -2.40. The first kappa shape index (κ1) is 14.5. The fraction of sp³-hybridized carbons (Fsp3) is 0.647. The van der Waals surface area contributed by atoms with Crippen LogP contribution in [-0.4, -0.2) is 36.4 Å². The van der Waals surface area contributed by atoms with Crippen molar-refractivity contribution in [2.24, 2.45) is 5.92 Å². The molecule has 2 heterocycles. The van der Waals surface area contributed by atoms with Gasteiger partial charge in [-0.15, -0.1) is 0 Å². The van der Waals surface area contributed by atoms with Crippen molar-refractivity contribution in [2.45, 2.75) is 52.0 Å². The van der Waals surface area contributed by atoms with E-state index in [4.69, 9.17) is 9.47 Å². The fourth-order valence-corrected chi connectivity index (χ4v) is 3.27. The van der Waals surface area contributed by atoms with Crippen LogP contribution in [0.4, 0.5) is 5.69 Å². The minimum atomic E-state index is -0.559. The quantitative estimate of drug-likeness (QED) is 0.906. The van der Waals surface area contributed by atoms with E-state index in [-0.39, 0.29) is 0 Å². The molecule has 0 bridgehead atoms. The third-order valence-corrected chi connectivity index (χ3v) is 4.62. The zero-order valence-corrected chi connectivity index (χ0v) is 13.6. The molecule has 1 N–H and O–H groups in total. The molecule has 4 heteroatoms. The second-order valence-corrected chi connectivity index (χ2v) is 7.02. The molecule has 0 saturated carbocycles. The Morgan fingerprint density at radius 1 is 1.19 bits per heavy atom. The average Bonchev–Trinajstić information content (AvgIpc) is 2.69. The lowest BCUT2D eigenvalue weighted by Crippen LogP contribution is -2.48. The topological polar surface area (TPSA) is 33.7 Å². The van der Waals surface area contributed by atoms with E-state index in [1.54, 1.807) is 0 Å². The van der Waals surface area contributed by atoms with Gasteiger partial charge in [-0.3, -0.25) is 0 Å². The van der Waals surface area contributed by atoms with Crippen molar-refractivity contribution < 1.29 is 9.47 Å². The van der Waals surface area contributed by atoms with Gasteiger partial charge in [0, 0.05) is 44.2 Å². The molecular formula is C17H26N2O2. The predicted molar refractivity (Wildman–Crippen MR) is 85.1 cm³/mol. The third kappa shape index (κ3) is 2.95. The van der Waals surface area contributed by atoms with Crippen LogP contribution in [0.1, 0.15) is 34.1 Å². The Kier molecular flexibility index (Phi) is 3.52. The lowest BCUT2D eigenvalue weighted by molar-refractivity contribution is -0.0431. The van der Waals surface area contributed by atoms with Crippen LogP contribution in [0, 0.1) is 5.92 Å². The molecule has 2 aliphatic heterocycles. The molecule has 3 rings (SSSR count). The Hall–Kier alpha value is -1.42. The number of fused-ring (bicyclic) bond motifs is 1. The van der Waals surface area contributed by atoms with Gasteiger partial charge in [-0.1, -0.05) is 6.92 Å². The highest BCUT2D eigenvalue weighted by atomic mass is 16.7. The minimum absolute atomic E-state index is 0.504. The number of likely N-dealkylation sites (tertiary alicyclic amines) is 1. The maximum absolute atomic E-state index is 5.82. The van der Waals surface area contributed by atoms with Crippen LogP contribution in [0.25, 0.3) is 0 Å². The Balaban J connectivity index is 1.72. The maximum atomic E-state index is 5.82. The van der Waals surface area contributed by atoms with Gasteiger partial charge in [0.1, 0.15) is 0 Å². The number of nitrogens with one attached hydrogen (secondary N) is 1. The number of ether oxygens (including phenoxy) is 2. The summed E-state index contributed by atoms with van der Waals surface area (Å²) in [5.41, 5.74) is 1.11. The highest BCUT2D eigenvalue weighted by Gasteiger charge is 2.32. The van der Waals surface area contributed by atoms with E-state index < -0.39 is 5.79 Å². The van der Waals surface area contributed by atoms with Crippen molar-refractivity contribution in [1.29, 1.82) is 0 Å². The summed E-state index contributed by atoms with van der Waals surface area (Å²) < 4.78 is 11.6. The summed E-state index contributed by atoms with van der Waals surface area (Å²) in [7, 11) is 2.21. The Labute approximate surface area is 127 Å². The molecule has 1 saturated heterocycles. The molecule has 0 spiro atoms. The summed E-state index contributed by atoms with van der Waals surface area (Å²) in [4.78, 5) is 2.44. The standard InChI is InChI=1S/C17H26N2O2/c1-11-10-19(5)12(2)8-14(11)18-13-6-7-15-16(9-13)21-17(3,4)20-15/h6-7,9,11-12,14,18H,8,10H2,1-5H3. The molecule has 0 radical (unpaired) electrons. The van der Waals surface area contributed by atoms with Gasteiger partial charge >= 0.3 is 0 Å². The van der Waals surface area contributed by atoms with Crippen LogP contribution in [0.2, 0.25) is 0 Å². The normalized spacial score (nSPS) is 31.2. The Bertz CT molecular complexity index is 530. The van der Waals surface area contributed by atoms with E-state index in [1.807, 2.05) is 19.9 Å². The van der Waals surface area contributed by atoms with Crippen LogP contribution in [0.15, 0.2) is 18.2 Å². The highest BCUT2D eigenvalue weighted by molar-refractivity contribution is 5.56. The van der Waals surface area contributed by atoms with Crippen LogP contribution in [0.5, 0.6) is 11.5 Å². The second-order valence-electron chi connectivity index (χ2n) is 7.02. The van der Waals surface area contributed by atoms with Crippen molar-refractivity contribution in [2.75, 3.05) is 18.9 Å². The largest absolute Gasteiger partial charge is 0.449 e. The van der Waals surface area contributed by atoms with Gasteiger partial charge in [-0.05, 0) is 38.4 Å². The van der Waals surface area contributed by atoms with E-state index in [9.17, 15) is 0 Å². The zero-order chi connectivity index (χ0) is 15.2. The first-order chi connectivity index (χ1) is 9.84. The SMILES string of the molecule is CC1CN(C)C(C)CC1Nc1ccc2c(c1)OC(C)(C)O2. The zero-order valence-electron chi connectivity index (χ0n) is 13.6. The molecule has 1 aromatic rings. The third-order valence-electron chi connectivity index (χ3n) is 4.62. The van der Waals surface area contributed by atoms with Gasteiger partial charge in [0.25, 0.3) is 0 Å². The molecule has 116 valence electrons. The van der Waals surface area contributed by atoms with Gasteiger partial charge in [-0.25, -0.2) is 0 Å². The molecule has 2 aliphatic rings. The average molecular weight is 290 g/mol. The van der Waals surface area contributed by atoms with Crippen molar-refractivity contribution in [1.82, 2.24) is 4.90 Å². The van der Waals surface area contributed by atoms with E-state index in [1.165, 1.54) is 0 Å². The number of piperidine rings is 1. The smallest absolute Gasteiger partial charge is 0.246 e. The van der Waals surface area contributed by atoms with Gasteiger partial charge in [-0.2, -0.15) is 0 Å². The molecule has 0 aliphatic carbocycles. The molecule has 1 fully saturated rings. The maximum Gasteiger partial charge on any atom is 0.246 e. The number of anilines is 1. The van der Waals surface area contributed by atoms with Crippen molar-refractivity contribution in [3.63, 3.8) is 0 Å². The number of hydrogen-bond acceptors (Lipinski definition) is 4. The van der Waals surface area contributed by atoms with E-state index >= 15 is 0 Å². The summed E-state index contributed by atoms with van der Waals surface area (Å²) in [6, 6.07) is 7.25. The van der Waals surface area contributed by atoms with Gasteiger partial charge < -0.3 is 19.7 Å². The summed E-state index contributed by atoms with van der Waals surface area (Å²) >= 11 is 0. The van der Waals surface area contributed by atoms with E-state index in [0.717, 1.165) is 30.2 Å². The van der Waals surface area contributed by atoms with Crippen LogP contribution in [-0.2, 0) is 0 Å². The molecule has 0 aromatic heterocycles. The number of benzene rings is 1. The summed E-state index contributed by atoms with van der Waals surface area (Å²) in [5.74, 6) is 1.73. The first-order valence-electron chi connectivity index (χ1n) is 7.83. The summed E-state index contributed by atoms with van der Waals surface area (Å²) in [6.45, 7) is 9.61. The molecule has 3 unspecified atom stereocenters. The van der Waals surface area contributed by atoms with Crippen LogP contribution >= 0.6 is 0 Å². The minimum Gasteiger partial charge on any atom is -0.449 e. The van der Waals surface area contributed by atoms with E-state index in [2.05, 4.69) is 43.2 Å². The summed E-state index contributed by atoms with van der Waals surface area (Å²) in [5, 5.41) is 3.68. The van der Waals surface area contributed by atoms with Crippen molar-refractivity contribution in [3.05, 3.63) is 18.2 Å². The van der Waals surface area contributed by atoms with Crippen molar-refractivity contribution >= 4 is 5.69 Å². The molecule has 21 heavy (non-hydrogen) atoms. The van der Waals surface area contributed by atoms with Gasteiger partial charge in [0.05, 0.1) is 0 Å². The fourth-order valence-electron chi connectivity index (χ4n) is 3.27. The van der Waals surface area contributed by atoms with E-state index in [0.29, 0.717) is 18.0 Å². The monoisotopic (exact) mass is 290 g/mol. The summed E-state index contributed by atoms with van der Waals surface area (Å²) in [6.07, 6.45) is 1.16. The second kappa shape index (κ2) is 5.09. The predicted octanol–water partition coefficient (Wildman–Crippen LogP) is 3.33. The number of rotatable bonds is 2. The molecule has 1 aromatic carbocycles. The number of nitrogens with zero attached hydrogens (tertiary/aromatic N) is 1. The van der Waals surface area contributed by atoms with Crippen LogP contribution < -0.4 is 14.8 Å². The lowest BCUT2D eigenvalue weighted by atomic mass is 9.89. The van der Waals surface area contributed by atoms with Gasteiger partial charge in [0.2, 0.25) is 5.79 Å². The van der Waals surface area contributed by atoms with Gasteiger partial charge in [0.15, 0.2) is 11.5 Å². The van der Waals surface area contributed by atoms with Crippen molar-refractivity contribution in [3.8, 4) is 11.5 Å². The molecule has 4 nitrogen and oxygen atoms in total. The van der Waals surface area contributed by atoms with Crippen LogP contribution in [0.3, 0.4) is 0 Å². The highest BCUT2D eigenvalue weighted by Crippen LogP contribution is 2.41. The molecule has 0 amide bonds. The Morgan fingerprint density at radius 3 is 2.67 bits per heavy atom. The first-order valence-corrected chi connectivity index (χ1v) is 7.83. The Morgan fingerprint density at radius 2 is 1.90 bits per heavy atom.